The molecule has 4 nitrogen and oxygen atoms in total. The Morgan fingerprint density at radius 1 is 1.33 bits per heavy atom. The summed E-state index contributed by atoms with van der Waals surface area (Å²) < 4.78 is 0. The van der Waals surface area contributed by atoms with Crippen LogP contribution in [0.15, 0.2) is 34.4 Å². The summed E-state index contributed by atoms with van der Waals surface area (Å²) in [5, 5.41) is 13.1. The normalized spacial score (nSPS) is 11.4. The van der Waals surface area contributed by atoms with Gasteiger partial charge in [-0.2, -0.15) is 0 Å². The van der Waals surface area contributed by atoms with Gasteiger partial charge in [0.2, 0.25) is 0 Å². The molecule has 1 aromatic carbocycles. The highest BCUT2D eigenvalue weighted by Gasteiger charge is 2.09. The second kappa shape index (κ2) is 5.33. The molecule has 3 aromatic rings. The zero-order valence-electron chi connectivity index (χ0n) is 11.9. The topological polar surface area (TPSA) is 66.0 Å². The predicted octanol–water partition coefficient (Wildman–Crippen LogP) is 3.56. The van der Waals surface area contributed by atoms with Crippen molar-refractivity contribution in [2.24, 2.45) is 5.92 Å². The summed E-state index contributed by atoms with van der Waals surface area (Å²) in [4.78, 5) is 19.9. The molecule has 0 saturated heterocycles. The Morgan fingerprint density at radius 2 is 2.14 bits per heavy atom. The lowest BCUT2D eigenvalue weighted by molar-refractivity contribution is 0.476. The Bertz CT molecular complexity index is 849. The number of phenolic OH excluding ortho intramolecular Hbond substituents is 1. The van der Waals surface area contributed by atoms with Gasteiger partial charge < -0.3 is 10.1 Å². The number of hydrogen-bond donors (Lipinski definition) is 2. The number of phenols is 1. The first-order chi connectivity index (χ1) is 10.0. The summed E-state index contributed by atoms with van der Waals surface area (Å²) in [6, 6.07) is 6.26. The summed E-state index contributed by atoms with van der Waals surface area (Å²) in [6.45, 7) is 4.31. The van der Waals surface area contributed by atoms with Gasteiger partial charge in [0.15, 0.2) is 5.43 Å². The van der Waals surface area contributed by atoms with E-state index in [9.17, 15) is 9.90 Å². The molecular formula is C16H16N2O2S. The van der Waals surface area contributed by atoms with Crippen LogP contribution in [0.3, 0.4) is 0 Å². The Kier molecular flexibility index (Phi) is 3.51. The highest BCUT2D eigenvalue weighted by molar-refractivity contribution is 7.09. The number of aromatic amines is 1. The molecule has 5 heteroatoms. The highest BCUT2D eigenvalue weighted by atomic mass is 32.1. The van der Waals surface area contributed by atoms with Gasteiger partial charge in [-0.1, -0.05) is 13.8 Å². The fraction of sp³-hybridized carbons (Fsp3) is 0.250. The van der Waals surface area contributed by atoms with Crippen LogP contribution in [-0.4, -0.2) is 15.1 Å². The standard InChI is InChI=1S/C16H16N2O2S/c1-9(2)5-16-18-14(8-21-16)13-7-15(20)11-4-3-10(19)6-12(11)17-13/h3-4,6-9,19H,5H2,1-2H3,(H,17,20). The molecule has 0 aliphatic rings. The minimum atomic E-state index is -0.0721. The van der Waals surface area contributed by atoms with Gasteiger partial charge in [0.25, 0.3) is 0 Å². The van der Waals surface area contributed by atoms with Crippen molar-refractivity contribution in [1.82, 2.24) is 9.97 Å². The molecule has 3 rings (SSSR count). The van der Waals surface area contributed by atoms with E-state index in [1.807, 2.05) is 5.38 Å². The lowest BCUT2D eigenvalue weighted by atomic mass is 10.1. The van der Waals surface area contributed by atoms with Crippen LogP contribution in [0.1, 0.15) is 18.9 Å². The number of nitrogens with one attached hydrogen (secondary N) is 1. The Hall–Kier alpha value is -2.14. The third kappa shape index (κ3) is 2.83. The molecule has 0 aliphatic carbocycles. The summed E-state index contributed by atoms with van der Waals surface area (Å²) >= 11 is 1.60. The van der Waals surface area contributed by atoms with E-state index in [-0.39, 0.29) is 11.2 Å². The van der Waals surface area contributed by atoms with Crippen molar-refractivity contribution in [3.63, 3.8) is 0 Å². The van der Waals surface area contributed by atoms with Crippen molar-refractivity contribution in [3.05, 3.63) is 44.9 Å². The van der Waals surface area contributed by atoms with Crippen LogP contribution in [0.2, 0.25) is 0 Å². The number of pyridine rings is 1. The summed E-state index contributed by atoms with van der Waals surface area (Å²) in [5.41, 5.74) is 2.01. The lowest BCUT2D eigenvalue weighted by Crippen LogP contribution is -2.03. The number of aromatic nitrogens is 2. The van der Waals surface area contributed by atoms with E-state index in [4.69, 9.17) is 0 Å². The van der Waals surface area contributed by atoms with E-state index in [0.29, 0.717) is 22.5 Å². The maximum Gasteiger partial charge on any atom is 0.190 e. The lowest BCUT2D eigenvalue weighted by Gasteiger charge is -2.03. The molecule has 2 aromatic heterocycles. The average molecular weight is 300 g/mol. The van der Waals surface area contributed by atoms with E-state index >= 15 is 0 Å². The van der Waals surface area contributed by atoms with Crippen LogP contribution in [0, 0.1) is 5.92 Å². The zero-order valence-corrected chi connectivity index (χ0v) is 12.7. The van der Waals surface area contributed by atoms with E-state index in [0.717, 1.165) is 17.1 Å². The van der Waals surface area contributed by atoms with E-state index in [1.165, 1.54) is 6.07 Å². The van der Waals surface area contributed by atoms with Gasteiger partial charge in [-0.15, -0.1) is 11.3 Å². The fourth-order valence-electron chi connectivity index (χ4n) is 2.26. The molecule has 0 atom stereocenters. The largest absolute Gasteiger partial charge is 0.508 e. The molecule has 0 saturated carbocycles. The molecular weight excluding hydrogens is 284 g/mol. The average Bonchev–Trinajstić information content (AvgIpc) is 2.85. The van der Waals surface area contributed by atoms with E-state index in [1.54, 1.807) is 29.5 Å². The third-order valence-corrected chi connectivity index (χ3v) is 4.10. The molecule has 0 amide bonds. The fourth-order valence-corrected chi connectivity index (χ4v) is 3.26. The molecule has 0 spiro atoms. The Morgan fingerprint density at radius 3 is 2.90 bits per heavy atom. The molecule has 0 radical (unpaired) electrons. The number of nitrogens with zero attached hydrogens (tertiary/aromatic N) is 1. The molecule has 108 valence electrons. The Labute approximate surface area is 126 Å². The second-order valence-corrected chi connectivity index (χ2v) is 6.44. The van der Waals surface area contributed by atoms with Gasteiger partial charge >= 0.3 is 0 Å². The number of rotatable bonds is 3. The van der Waals surface area contributed by atoms with Crippen molar-refractivity contribution in [2.45, 2.75) is 20.3 Å². The third-order valence-electron chi connectivity index (χ3n) is 3.22. The van der Waals surface area contributed by atoms with Gasteiger partial charge in [-0.25, -0.2) is 4.98 Å². The number of benzene rings is 1. The highest BCUT2D eigenvalue weighted by Crippen LogP contribution is 2.23. The van der Waals surface area contributed by atoms with Gasteiger partial charge in [0.05, 0.1) is 21.9 Å². The summed E-state index contributed by atoms with van der Waals surface area (Å²) in [7, 11) is 0. The number of aromatic hydroxyl groups is 1. The minimum Gasteiger partial charge on any atom is -0.508 e. The Balaban J connectivity index is 2.08. The van der Waals surface area contributed by atoms with Crippen LogP contribution in [0.5, 0.6) is 5.75 Å². The smallest absolute Gasteiger partial charge is 0.190 e. The summed E-state index contributed by atoms with van der Waals surface area (Å²) in [6.07, 6.45) is 0.934. The van der Waals surface area contributed by atoms with Gasteiger partial charge in [0.1, 0.15) is 5.75 Å². The minimum absolute atomic E-state index is 0.0721. The van der Waals surface area contributed by atoms with Gasteiger partial charge in [0, 0.05) is 29.3 Å². The van der Waals surface area contributed by atoms with E-state index < -0.39 is 0 Å². The zero-order chi connectivity index (χ0) is 15.0. The first-order valence-corrected chi connectivity index (χ1v) is 7.71. The first kappa shape index (κ1) is 13.8. The van der Waals surface area contributed by atoms with Gasteiger partial charge in [-0.3, -0.25) is 4.79 Å². The summed E-state index contributed by atoms with van der Waals surface area (Å²) in [5.74, 6) is 0.686. The maximum absolute atomic E-state index is 12.1. The van der Waals surface area contributed by atoms with Crippen molar-refractivity contribution in [3.8, 4) is 17.1 Å². The van der Waals surface area contributed by atoms with Crippen molar-refractivity contribution >= 4 is 22.2 Å². The molecule has 21 heavy (non-hydrogen) atoms. The van der Waals surface area contributed by atoms with Crippen molar-refractivity contribution in [1.29, 1.82) is 0 Å². The number of thiazole rings is 1. The van der Waals surface area contributed by atoms with Crippen LogP contribution in [0.25, 0.3) is 22.3 Å². The molecule has 2 heterocycles. The molecule has 0 fully saturated rings. The van der Waals surface area contributed by atoms with Gasteiger partial charge in [-0.05, 0) is 18.1 Å². The molecule has 0 bridgehead atoms. The molecule has 2 N–H and O–H groups in total. The quantitative estimate of drug-likeness (QED) is 0.777. The number of H-pyrrole nitrogens is 1. The number of hydrogen-bond acceptors (Lipinski definition) is 4. The molecule has 0 unspecified atom stereocenters. The van der Waals surface area contributed by atoms with Crippen molar-refractivity contribution in [2.75, 3.05) is 0 Å². The number of fused-ring (bicyclic) bond motifs is 1. The van der Waals surface area contributed by atoms with E-state index in [2.05, 4.69) is 23.8 Å². The molecule has 0 aliphatic heterocycles. The van der Waals surface area contributed by atoms with Crippen LogP contribution < -0.4 is 5.43 Å². The predicted molar refractivity (Wildman–Crippen MR) is 85.9 cm³/mol. The van der Waals surface area contributed by atoms with Crippen molar-refractivity contribution < 1.29 is 5.11 Å². The first-order valence-electron chi connectivity index (χ1n) is 6.84. The van der Waals surface area contributed by atoms with Crippen LogP contribution >= 0.6 is 11.3 Å². The maximum atomic E-state index is 12.1. The second-order valence-electron chi connectivity index (χ2n) is 5.50. The monoisotopic (exact) mass is 300 g/mol. The van der Waals surface area contributed by atoms with Crippen LogP contribution in [0.4, 0.5) is 0 Å². The van der Waals surface area contributed by atoms with Crippen LogP contribution in [-0.2, 0) is 6.42 Å². The SMILES string of the molecule is CC(C)Cc1nc(-c2cc(=O)c3ccc(O)cc3[nH]2)cs1.